The molecular formula is C19H20O8. The Balaban J connectivity index is 2.10. The predicted octanol–water partition coefficient (Wildman–Crippen LogP) is 0.306. The molecule has 0 amide bonds. The standard InChI is InChI=1S/C19H20O8/c1-2-9-26-19(18(24)25)10-14(21)17(23)15(11-19)27-16(22)8-5-12-3-6-13(20)7-4-12/h1,3-8,14-15,17,20-21,23H,9-11H2,(H,24,25)/t14-,15+,17+,19-/m0/s1. The fraction of sp³-hybridized carbons (Fsp3) is 0.368. The smallest absolute Gasteiger partial charge is 0.336 e. The van der Waals surface area contributed by atoms with Crippen LogP contribution in [0.15, 0.2) is 30.3 Å². The zero-order chi connectivity index (χ0) is 20.0. The molecule has 8 nitrogen and oxygen atoms in total. The summed E-state index contributed by atoms with van der Waals surface area (Å²) in [5.74, 6) is 0.0207. The molecule has 0 radical (unpaired) electrons. The number of carbonyl (C=O) groups excluding carboxylic acids is 1. The maximum absolute atomic E-state index is 12.0. The summed E-state index contributed by atoms with van der Waals surface area (Å²) in [6, 6.07) is 6.02. The molecule has 1 aliphatic carbocycles. The van der Waals surface area contributed by atoms with E-state index in [0.717, 1.165) is 6.08 Å². The lowest BCUT2D eigenvalue weighted by molar-refractivity contribution is -0.204. The van der Waals surface area contributed by atoms with Crippen molar-refractivity contribution in [3.63, 3.8) is 0 Å². The van der Waals surface area contributed by atoms with Gasteiger partial charge in [-0.3, -0.25) is 0 Å². The minimum Gasteiger partial charge on any atom is -0.508 e. The van der Waals surface area contributed by atoms with Crippen molar-refractivity contribution < 1.29 is 39.5 Å². The number of carboxylic acids is 1. The Labute approximate surface area is 155 Å². The van der Waals surface area contributed by atoms with Gasteiger partial charge in [-0.15, -0.1) is 6.42 Å². The van der Waals surface area contributed by atoms with Gasteiger partial charge in [-0.2, -0.15) is 0 Å². The molecule has 1 aromatic rings. The van der Waals surface area contributed by atoms with Crippen LogP contribution in [0.2, 0.25) is 0 Å². The molecule has 0 spiro atoms. The second kappa shape index (κ2) is 8.68. The molecule has 0 unspecified atom stereocenters. The van der Waals surface area contributed by atoms with Crippen LogP contribution in [-0.2, 0) is 19.1 Å². The van der Waals surface area contributed by atoms with Crippen molar-refractivity contribution >= 4 is 18.0 Å². The van der Waals surface area contributed by atoms with Crippen molar-refractivity contribution in [3.05, 3.63) is 35.9 Å². The molecular weight excluding hydrogens is 356 g/mol. The van der Waals surface area contributed by atoms with Gasteiger partial charge in [0, 0.05) is 18.9 Å². The molecule has 0 aliphatic heterocycles. The Morgan fingerprint density at radius 3 is 2.52 bits per heavy atom. The summed E-state index contributed by atoms with van der Waals surface area (Å²) in [6.45, 7) is -0.309. The van der Waals surface area contributed by atoms with E-state index < -0.39 is 35.9 Å². The Kier molecular flexibility index (Phi) is 6.58. The number of carboxylic acid groups (broad SMARTS) is 1. The zero-order valence-electron chi connectivity index (χ0n) is 14.3. The minimum atomic E-state index is -1.86. The normalized spacial score (nSPS) is 27.8. The van der Waals surface area contributed by atoms with Gasteiger partial charge in [-0.1, -0.05) is 18.1 Å². The number of phenols is 1. The third kappa shape index (κ3) is 5.08. The summed E-state index contributed by atoms with van der Waals surface area (Å²) in [4.78, 5) is 23.7. The van der Waals surface area contributed by atoms with Gasteiger partial charge in [0.2, 0.25) is 0 Å². The highest BCUT2D eigenvalue weighted by Crippen LogP contribution is 2.34. The number of phenolic OH excluding ortho intramolecular Hbond substituents is 1. The van der Waals surface area contributed by atoms with Crippen LogP contribution in [0, 0.1) is 12.3 Å². The lowest BCUT2D eigenvalue weighted by atomic mass is 9.79. The van der Waals surface area contributed by atoms with E-state index in [1.165, 1.54) is 18.2 Å². The van der Waals surface area contributed by atoms with Crippen LogP contribution >= 0.6 is 0 Å². The molecule has 0 aromatic heterocycles. The number of hydrogen-bond acceptors (Lipinski definition) is 7. The molecule has 0 heterocycles. The Morgan fingerprint density at radius 1 is 1.26 bits per heavy atom. The van der Waals surface area contributed by atoms with E-state index in [4.69, 9.17) is 15.9 Å². The van der Waals surface area contributed by atoms with Gasteiger partial charge >= 0.3 is 11.9 Å². The number of carbonyl (C=O) groups is 2. The van der Waals surface area contributed by atoms with Gasteiger partial charge in [-0.05, 0) is 23.8 Å². The molecule has 1 aromatic carbocycles. The van der Waals surface area contributed by atoms with Gasteiger partial charge in [-0.25, -0.2) is 9.59 Å². The molecule has 8 heteroatoms. The van der Waals surface area contributed by atoms with Gasteiger partial charge in [0.05, 0.1) is 6.10 Å². The summed E-state index contributed by atoms with van der Waals surface area (Å²) in [5.41, 5.74) is -1.25. The van der Waals surface area contributed by atoms with Crippen LogP contribution in [0.1, 0.15) is 18.4 Å². The predicted molar refractivity (Wildman–Crippen MR) is 93.4 cm³/mol. The number of aliphatic carboxylic acids is 1. The van der Waals surface area contributed by atoms with E-state index in [2.05, 4.69) is 5.92 Å². The molecule has 4 atom stereocenters. The van der Waals surface area contributed by atoms with Crippen LogP contribution < -0.4 is 0 Å². The fourth-order valence-corrected chi connectivity index (χ4v) is 2.82. The maximum Gasteiger partial charge on any atom is 0.336 e. The lowest BCUT2D eigenvalue weighted by Gasteiger charge is -2.41. The number of esters is 1. The fourth-order valence-electron chi connectivity index (χ4n) is 2.82. The average molecular weight is 376 g/mol. The summed E-state index contributed by atoms with van der Waals surface area (Å²) >= 11 is 0. The third-order valence-corrected chi connectivity index (χ3v) is 4.24. The van der Waals surface area contributed by atoms with Crippen molar-refractivity contribution in [1.82, 2.24) is 0 Å². The number of aliphatic hydroxyl groups is 2. The monoisotopic (exact) mass is 376 g/mol. The molecule has 27 heavy (non-hydrogen) atoms. The third-order valence-electron chi connectivity index (χ3n) is 4.24. The second-order valence-electron chi connectivity index (χ2n) is 6.16. The number of benzene rings is 1. The molecule has 2 rings (SSSR count). The highest BCUT2D eigenvalue weighted by Gasteiger charge is 2.52. The molecule has 1 aliphatic rings. The minimum absolute atomic E-state index is 0.0750. The van der Waals surface area contributed by atoms with E-state index in [0.29, 0.717) is 5.56 Å². The largest absolute Gasteiger partial charge is 0.508 e. The van der Waals surface area contributed by atoms with Crippen LogP contribution in [-0.4, -0.2) is 62.9 Å². The van der Waals surface area contributed by atoms with E-state index in [1.807, 2.05) is 0 Å². The lowest BCUT2D eigenvalue weighted by Crippen LogP contribution is -2.58. The quantitative estimate of drug-likeness (QED) is 0.317. The van der Waals surface area contributed by atoms with Crippen molar-refractivity contribution in [3.8, 4) is 18.1 Å². The molecule has 0 saturated heterocycles. The number of hydrogen-bond donors (Lipinski definition) is 4. The number of aromatic hydroxyl groups is 1. The zero-order valence-corrected chi connectivity index (χ0v) is 14.3. The number of aliphatic hydroxyl groups excluding tert-OH is 2. The molecule has 1 fully saturated rings. The van der Waals surface area contributed by atoms with Crippen molar-refractivity contribution in [1.29, 1.82) is 0 Å². The van der Waals surface area contributed by atoms with E-state index in [1.54, 1.807) is 12.1 Å². The van der Waals surface area contributed by atoms with Crippen LogP contribution in [0.5, 0.6) is 5.75 Å². The molecule has 0 bridgehead atoms. The summed E-state index contributed by atoms with van der Waals surface area (Å²) in [5, 5.41) is 38.8. The van der Waals surface area contributed by atoms with Crippen LogP contribution in [0.3, 0.4) is 0 Å². The Morgan fingerprint density at radius 2 is 1.93 bits per heavy atom. The number of rotatable bonds is 6. The topological polar surface area (TPSA) is 134 Å². The number of terminal acetylenes is 1. The van der Waals surface area contributed by atoms with Crippen molar-refractivity contribution in [2.75, 3.05) is 6.61 Å². The Hall–Kier alpha value is -2.86. The summed E-state index contributed by atoms with van der Waals surface area (Å²) in [6.07, 6.45) is 2.64. The first-order chi connectivity index (χ1) is 12.8. The van der Waals surface area contributed by atoms with Crippen molar-refractivity contribution in [2.24, 2.45) is 0 Å². The second-order valence-corrected chi connectivity index (χ2v) is 6.16. The van der Waals surface area contributed by atoms with Crippen LogP contribution in [0.4, 0.5) is 0 Å². The average Bonchev–Trinajstić information content (AvgIpc) is 2.63. The van der Waals surface area contributed by atoms with Gasteiger partial charge in [0.1, 0.15) is 24.6 Å². The SMILES string of the molecule is C#CCO[C@@]1(C(=O)O)C[C@H](O)[C@@H](O)[C@H](OC(=O)C=Cc2ccc(O)cc2)C1. The molecule has 4 N–H and O–H groups in total. The van der Waals surface area contributed by atoms with Gasteiger partial charge in [0.15, 0.2) is 5.60 Å². The Bertz CT molecular complexity index is 748. The first kappa shape index (κ1) is 20.5. The van der Waals surface area contributed by atoms with Crippen LogP contribution in [0.25, 0.3) is 6.08 Å². The maximum atomic E-state index is 12.0. The van der Waals surface area contributed by atoms with Gasteiger partial charge in [0.25, 0.3) is 0 Å². The molecule has 144 valence electrons. The van der Waals surface area contributed by atoms with E-state index >= 15 is 0 Å². The number of ether oxygens (including phenoxy) is 2. The van der Waals surface area contributed by atoms with E-state index in [-0.39, 0.29) is 25.2 Å². The first-order valence-electron chi connectivity index (χ1n) is 8.12. The van der Waals surface area contributed by atoms with Gasteiger partial charge < -0.3 is 29.9 Å². The van der Waals surface area contributed by atoms with Crippen molar-refractivity contribution in [2.45, 2.75) is 36.8 Å². The summed E-state index contributed by atoms with van der Waals surface area (Å²) < 4.78 is 10.3. The summed E-state index contributed by atoms with van der Waals surface area (Å²) in [7, 11) is 0. The highest BCUT2D eigenvalue weighted by molar-refractivity contribution is 5.87. The molecule has 1 saturated carbocycles. The van der Waals surface area contributed by atoms with E-state index in [9.17, 15) is 30.0 Å². The highest BCUT2D eigenvalue weighted by atomic mass is 16.6. The first-order valence-corrected chi connectivity index (χ1v) is 8.12.